The van der Waals surface area contributed by atoms with Gasteiger partial charge in [-0.15, -0.1) is 0 Å². The Kier molecular flexibility index (Phi) is 7.52. The van der Waals surface area contributed by atoms with Crippen LogP contribution in [0.15, 0.2) is 11.6 Å². The number of allylic oxidation sites excluding steroid dienone is 1. The van der Waals surface area contributed by atoms with Crippen LogP contribution in [0, 0.1) is 26.9 Å². The number of nitro groups is 1. The molecule has 0 fully saturated rings. The van der Waals surface area contributed by atoms with Gasteiger partial charge in [-0.1, -0.05) is 13.0 Å². The number of ether oxygens (including phenoxy) is 1. The van der Waals surface area contributed by atoms with Gasteiger partial charge in [0, 0.05) is 18.3 Å². The number of hydrogen-bond acceptors (Lipinski definition) is 5. The number of carbonyl (C=O) groups excluding carboxylic acids is 1. The Balaban J connectivity index is 5.39. The maximum absolute atomic E-state index is 12.2. The third kappa shape index (κ3) is 4.05. The fourth-order valence-corrected chi connectivity index (χ4v) is 2.10. The fourth-order valence-electron chi connectivity index (χ4n) is 2.10. The number of nitrogens with zero attached hydrogens (tertiary/aromatic N) is 2. The van der Waals surface area contributed by atoms with Crippen LogP contribution in [0.1, 0.15) is 47.0 Å². The molecule has 0 aromatic rings. The Morgan fingerprint density at radius 1 is 1.55 bits per heavy atom. The first-order chi connectivity index (χ1) is 9.39. The zero-order chi connectivity index (χ0) is 15.8. The molecular formula is C14H22N2O4. The van der Waals surface area contributed by atoms with Gasteiger partial charge < -0.3 is 4.74 Å². The standard InChI is InChI=1S/C14H22N2O4/c1-5-12(6-2)14(10-15,13(17)20-7-3)9-8-11(4)16(18)19/h5,11H,6-9H2,1-4H3/b12-5+. The van der Waals surface area contributed by atoms with E-state index in [1.807, 2.05) is 13.0 Å². The molecule has 20 heavy (non-hydrogen) atoms. The van der Waals surface area contributed by atoms with Gasteiger partial charge in [0.05, 0.1) is 12.7 Å². The Labute approximate surface area is 119 Å². The lowest BCUT2D eigenvalue weighted by Crippen LogP contribution is -2.35. The van der Waals surface area contributed by atoms with Gasteiger partial charge in [0.25, 0.3) is 0 Å². The molecule has 112 valence electrons. The summed E-state index contributed by atoms with van der Waals surface area (Å²) in [6.45, 7) is 6.90. The van der Waals surface area contributed by atoms with Crippen LogP contribution < -0.4 is 0 Å². The summed E-state index contributed by atoms with van der Waals surface area (Å²) in [5, 5.41) is 20.2. The largest absolute Gasteiger partial charge is 0.465 e. The summed E-state index contributed by atoms with van der Waals surface area (Å²) in [6, 6.07) is 1.23. The lowest BCUT2D eigenvalue weighted by molar-refractivity contribution is -0.519. The first-order valence-electron chi connectivity index (χ1n) is 6.77. The van der Waals surface area contributed by atoms with Crippen molar-refractivity contribution >= 4 is 5.97 Å². The molecule has 0 aromatic carbocycles. The predicted octanol–water partition coefficient (Wildman–Crippen LogP) is 2.86. The van der Waals surface area contributed by atoms with E-state index in [2.05, 4.69) is 0 Å². The van der Waals surface area contributed by atoms with E-state index < -0.39 is 22.3 Å². The van der Waals surface area contributed by atoms with Crippen molar-refractivity contribution in [1.82, 2.24) is 0 Å². The minimum absolute atomic E-state index is 0.0952. The molecule has 0 saturated carbocycles. The van der Waals surface area contributed by atoms with Crippen molar-refractivity contribution in [2.24, 2.45) is 5.41 Å². The zero-order valence-corrected chi connectivity index (χ0v) is 12.5. The molecule has 0 heterocycles. The summed E-state index contributed by atoms with van der Waals surface area (Å²) in [5.41, 5.74) is -0.766. The molecule has 0 aromatic heterocycles. The molecule has 0 N–H and O–H groups in total. The molecule has 2 unspecified atom stereocenters. The van der Waals surface area contributed by atoms with Crippen molar-refractivity contribution < 1.29 is 14.5 Å². The van der Waals surface area contributed by atoms with Gasteiger partial charge in [-0.2, -0.15) is 5.26 Å². The summed E-state index contributed by atoms with van der Waals surface area (Å²) in [6.07, 6.45) is 2.49. The second kappa shape index (κ2) is 8.31. The minimum atomic E-state index is -1.41. The molecule has 0 spiro atoms. The van der Waals surface area contributed by atoms with Crippen LogP contribution in [0.4, 0.5) is 0 Å². The SMILES string of the molecule is C/C=C(\CC)C(C#N)(CCC(C)[N+](=O)[O-])C(=O)OCC. The van der Waals surface area contributed by atoms with E-state index in [0.29, 0.717) is 12.0 Å². The van der Waals surface area contributed by atoms with Crippen molar-refractivity contribution in [3.63, 3.8) is 0 Å². The highest BCUT2D eigenvalue weighted by Gasteiger charge is 2.43. The second-order valence-electron chi connectivity index (χ2n) is 4.58. The molecule has 0 rings (SSSR count). The molecular weight excluding hydrogens is 260 g/mol. The molecule has 6 heteroatoms. The van der Waals surface area contributed by atoms with Crippen molar-refractivity contribution in [1.29, 1.82) is 5.26 Å². The molecule has 0 aliphatic carbocycles. The molecule has 0 saturated heterocycles. The first-order valence-corrected chi connectivity index (χ1v) is 6.77. The van der Waals surface area contributed by atoms with Gasteiger partial charge in [0.15, 0.2) is 5.41 Å². The highest BCUT2D eigenvalue weighted by molar-refractivity contribution is 5.84. The Bertz CT molecular complexity index is 425. The quantitative estimate of drug-likeness (QED) is 0.295. The van der Waals surface area contributed by atoms with Crippen LogP contribution in [0.3, 0.4) is 0 Å². The molecule has 0 amide bonds. The summed E-state index contributed by atoms with van der Waals surface area (Å²) in [4.78, 5) is 22.5. The van der Waals surface area contributed by atoms with Gasteiger partial charge in [0.2, 0.25) is 6.04 Å². The first kappa shape index (κ1) is 18.1. The smallest absolute Gasteiger partial charge is 0.330 e. The molecule has 2 atom stereocenters. The monoisotopic (exact) mass is 282 g/mol. The third-order valence-corrected chi connectivity index (χ3v) is 3.39. The van der Waals surface area contributed by atoms with Gasteiger partial charge in [-0.25, -0.2) is 4.79 Å². The highest BCUT2D eigenvalue weighted by atomic mass is 16.6. The maximum atomic E-state index is 12.2. The molecule has 6 nitrogen and oxygen atoms in total. The van der Waals surface area contributed by atoms with E-state index in [9.17, 15) is 20.2 Å². The van der Waals surface area contributed by atoms with E-state index in [-0.39, 0.29) is 19.4 Å². The number of rotatable bonds is 8. The highest BCUT2D eigenvalue weighted by Crippen LogP contribution is 2.36. The molecule has 0 aliphatic rings. The van der Waals surface area contributed by atoms with Crippen molar-refractivity contribution in [2.45, 2.75) is 53.0 Å². The summed E-state index contributed by atoms with van der Waals surface area (Å²) in [7, 11) is 0. The van der Waals surface area contributed by atoms with Crippen LogP contribution in [0.5, 0.6) is 0 Å². The van der Waals surface area contributed by atoms with E-state index >= 15 is 0 Å². The topological polar surface area (TPSA) is 93.2 Å². The minimum Gasteiger partial charge on any atom is -0.465 e. The van der Waals surface area contributed by atoms with Crippen LogP contribution in [-0.2, 0) is 9.53 Å². The fraction of sp³-hybridized carbons (Fsp3) is 0.714. The van der Waals surface area contributed by atoms with E-state index in [1.54, 1.807) is 19.9 Å². The molecule has 0 bridgehead atoms. The lowest BCUT2D eigenvalue weighted by Gasteiger charge is -2.27. The summed E-state index contributed by atoms with van der Waals surface area (Å²) >= 11 is 0. The van der Waals surface area contributed by atoms with E-state index in [0.717, 1.165) is 0 Å². The van der Waals surface area contributed by atoms with Crippen LogP contribution in [0.25, 0.3) is 0 Å². The van der Waals surface area contributed by atoms with Crippen molar-refractivity contribution in [3.8, 4) is 6.07 Å². The predicted molar refractivity (Wildman–Crippen MR) is 74.4 cm³/mol. The van der Waals surface area contributed by atoms with Gasteiger partial charge in [0.1, 0.15) is 0 Å². The molecule has 0 radical (unpaired) electrons. The zero-order valence-electron chi connectivity index (χ0n) is 12.5. The maximum Gasteiger partial charge on any atom is 0.330 e. The number of nitriles is 1. The Morgan fingerprint density at radius 3 is 2.50 bits per heavy atom. The third-order valence-electron chi connectivity index (χ3n) is 3.39. The van der Waals surface area contributed by atoms with Crippen LogP contribution in [-0.4, -0.2) is 23.5 Å². The van der Waals surface area contributed by atoms with Crippen molar-refractivity contribution in [3.05, 3.63) is 21.8 Å². The van der Waals surface area contributed by atoms with E-state index in [4.69, 9.17) is 4.74 Å². The Hall–Kier alpha value is -1.90. The van der Waals surface area contributed by atoms with Crippen LogP contribution >= 0.6 is 0 Å². The normalized spacial score (nSPS) is 15.8. The van der Waals surface area contributed by atoms with Gasteiger partial charge >= 0.3 is 5.97 Å². The Morgan fingerprint density at radius 2 is 2.15 bits per heavy atom. The lowest BCUT2D eigenvalue weighted by atomic mass is 9.75. The summed E-state index contributed by atoms with van der Waals surface area (Å²) in [5.74, 6) is -0.618. The number of esters is 1. The van der Waals surface area contributed by atoms with Crippen LogP contribution in [0.2, 0.25) is 0 Å². The van der Waals surface area contributed by atoms with Gasteiger partial charge in [-0.3, -0.25) is 10.1 Å². The second-order valence-corrected chi connectivity index (χ2v) is 4.58. The van der Waals surface area contributed by atoms with Crippen molar-refractivity contribution in [2.75, 3.05) is 6.61 Å². The number of carbonyl (C=O) groups is 1. The van der Waals surface area contributed by atoms with E-state index in [1.165, 1.54) is 6.92 Å². The number of hydrogen-bond donors (Lipinski definition) is 0. The van der Waals surface area contributed by atoms with Gasteiger partial charge in [-0.05, 0) is 32.3 Å². The summed E-state index contributed by atoms with van der Waals surface area (Å²) < 4.78 is 5.00. The molecule has 0 aliphatic heterocycles. The average molecular weight is 282 g/mol. The average Bonchev–Trinajstić information content (AvgIpc) is 2.43.